The van der Waals surface area contributed by atoms with Crippen molar-refractivity contribution in [3.63, 3.8) is 0 Å². The van der Waals surface area contributed by atoms with Crippen LogP contribution >= 0.6 is 11.6 Å². The van der Waals surface area contributed by atoms with Gasteiger partial charge in [-0.15, -0.1) is 0 Å². The zero-order valence-corrected chi connectivity index (χ0v) is 38.7. The molecule has 0 radical (unpaired) electrons. The first-order valence-corrected chi connectivity index (χ1v) is 20.8. The molecule has 0 fully saturated rings. The van der Waals surface area contributed by atoms with Gasteiger partial charge in [-0.3, -0.25) is 19.2 Å². The van der Waals surface area contributed by atoms with Crippen molar-refractivity contribution in [2.45, 2.75) is 54.1 Å². The molecule has 1 amide bonds. The molecule has 22 heteroatoms. The molecule has 5 N–H and O–H groups in total. The van der Waals surface area contributed by atoms with Crippen LogP contribution in [0, 0.1) is 22.7 Å². The van der Waals surface area contributed by atoms with Crippen LogP contribution in [0.25, 0.3) is 32.9 Å². The number of anilines is 2. The highest BCUT2D eigenvalue weighted by atomic mass is 35.5. The summed E-state index contributed by atoms with van der Waals surface area (Å²) in [5, 5.41) is 49.4. The summed E-state index contributed by atoms with van der Waals surface area (Å²) in [6.07, 6.45) is 0.334. The van der Waals surface area contributed by atoms with Gasteiger partial charge in [0.15, 0.2) is 33.8 Å². The number of carboxylic acid groups (broad SMARTS) is 2. The summed E-state index contributed by atoms with van der Waals surface area (Å²) in [4.78, 5) is 79.1. The van der Waals surface area contributed by atoms with E-state index >= 15 is 0 Å². The second kappa shape index (κ2) is 24.0. The van der Waals surface area contributed by atoms with E-state index in [-0.39, 0.29) is 64.0 Å². The lowest BCUT2D eigenvalue weighted by atomic mass is 10.1. The largest absolute Gasteiger partial charge is 0.478 e. The Morgan fingerprint density at radius 2 is 1.25 bits per heavy atom. The molecule has 0 atom stereocenters. The first-order chi connectivity index (χ1) is 33.6. The van der Waals surface area contributed by atoms with Crippen molar-refractivity contribution >= 4 is 96.7 Å². The quantitative estimate of drug-likeness (QED) is 0.0453. The zero-order valence-electron chi connectivity index (χ0n) is 37.9. The molecular formula is C50H42ClN7O14. The number of esters is 2. The van der Waals surface area contributed by atoms with Gasteiger partial charge in [-0.1, -0.05) is 41.1 Å². The molecule has 0 saturated carbocycles. The van der Waals surface area contributed by atoms with Crippen LogP contribution in [0.2, 0.25) is 0 Å². The van der Waals surface area contributed by atoms with Gasteiger partial charge in [0.25, 0.3) is 11.1 Å². The molecule has 5 aromatic carbocycles. The number of nitriles is 2. The molecule has 0 unspecified atom stereocenters. The van der Waals surface area contributed by atoms with Gasteiger partial charge in [0.05, 0.1) is 56.2 Å². The number of halogens is 1. The minimum absolute atomic E-state index is 0. The fourth-order valence-corrected chi connectivity index (χ4v) is 6.23. The number of Topliss-reactive ketones (excluding diaryl/α,β-unsaturated/α-hetero) is 1. The Hall–Kier alpha value is -9.73. The number of benzene rings is 5. The molecule has 0 saturated heterocycles. The Morgan fingerprint density at radius 1 is 0.694 bits per heavy atom. The number of nitrogens with two attached hydrogens (primary N) is 1. The number of fused-ring (bicyclic) bond motifs is 3. The number of nitrogens with one attached hydrogen (secondary N) is 1. The highest BCUT2D eigenvalue weighted by Crippen LogP contribution is 2.27. The van der Waals surface area contributed by atoms with Crippen LogP contribution in [0.4, 0.5) is 11.4 Å². The molecule has 3 aromatic heterocycles. The fourth-order valence-electron chi connectivity index (χ4n) is 6.09. The second-order valence-corrected chi connectivity index (χ2v) is 16.0. The number of aromatic carboxylic acids is 2. The number of ether oxygens (including phenoxy) is 2. The van der Waals surface area contributed by atoms with Crippen molar-refractivity contribution in [2.75, 3.05) is 11.1 Å². The number of carbonyl (C=O) groups is 7. The second-order valence-electron chi connectivity index (χ2n) is 15.7. The summed E-state index contributed by atoms with van der Waals surface area (Å²) < 4.78 is 24.9. The number of nitrogens with zero attached hydrogens (tertiary/aromatic N) is 5. The molecule has 8 aromatic rings. The van der Waals surface area contributed by atoms with E-state index in [0.29, 0.717) is 45.0 Å². The Bertz CT molecular complexity index is 3460. The minimum Gasteiger partial charge on any atom is -0.478 e. The van der Waals surface area contributed by atoms with Gasteiger partial charge in [0.1, 0.15) is 17.1 Å². The SMILES string of the molecule is C.CC(=O)Cc1ccc2c(C(=O)Cl)noc2c1.CC(=O)Oc1ccc2c(C(=O)Nc3ccc(C#N)cc3C(=O)O)noc2c1.CC(C)(C)OC(=O)c1cc(C#N)ccc1N.O=C(O)c1noc2ccccc12. The Labute approximate surface area is 413 Å². The molecule has 0 aliphatic carbocycles. The van der Waals surface area contributed by atoms with E-state index in [9.17, 15) is 38.7 Å². The van der Waals surface area contributed by atoms with E-state index in [1.54, 1.807) is 69.3 Å². The molecular weight excluding hydrogens is 958 g/mol. The van der Waals surface area contributed by atoms with Gasteiger partial charge in [0.2, 0.25) is 0 Å². The average Bonchev–Trinajstić information content (AvgIpc) is 4.06. The van der Waals surface area contributed by atoms with Crippen LogP contribution in [0.3, 0.4) is 0 Å². The molecule has 3 heterocycles. The molecule has 0 aliphatic rings. The number of hydrogen-bond donors (Lipinski definition) is 4. The van der Waals surface area contributed by atoms with Crippen molar-refractivity contribution in [1.82, 2.24) is 15.5 Å². The number of aromatic nitrogens is 3. The summed E-state index contributed by atoms with van der Waals surface area (Å²) >= 11 is 5.33. The fraction of sp³-hybridized carbons (Fsp3) is 0.160. The van der Waals surface area contributed by atoms with Crippen LogP contribution in [0.15, 0.2) is 111 Å². The predicted molar refractivity (Wildman–Crippen MR) is 258 cm³/mol. The average molecular weight is 1000 g/mol. The number of para-hydroxylation sites is 1. The summed E-state index contributed by atoms with van der Waals surface area (Å²) in [7, 11) is 0. The molecule has 0 aliphatic heterocycles. The number of carbonyl (C=O) groups excluding carboxylic acids is 5. The standard InChI is InChI=1S/C18H11N3O6.C12H14N2O2.C11H8ClNO3.C8H5NO3.CH4/c1-9(22)26-11-3-4-12-15(7-11)27-21-16(12)17(23)20-14-5-2-10(8-19)6-13(14)18(24)25;1-12(2,3)16-11(15)9-6-8(7-13)4-5-10(9)14;1-6(14)4-7-2-3-8-9(5-7)16-13-10(8)11(12)15;10-8(11)7-5-3-1-2-4-6(5)12-9-7;/h2-7H,1H3,(H,20,23)(H,24,25);4-6H,14H2,1-3H3;2-3,5H,4H2,1H3;1-4H,(H,10,11);1H4. The number of rotatable bonds is 9. The van der Waals surface area contributed by atoms with Crippen molar-refractivity contribution in [1.29, 1.82) is 10.5 Å². The van der Waals surface area contributed by atoms with Gasteiger partial charge in [-0.05, 0) is 118 Å². The zero-order chi connectivity index (χ0) is 52.2. The third kappa shape index (κ3) is 14.4. The molecule has 0 spiro atoms. The van der Waals surface area contributed by atoms with E-state index in [1.165, 1.54) is 56.3 Å². The van der Waals surface area contributed by atoms with Gasteiger partial charge >= 0.3 is 23.9 Å². The Morgan fingerprint density at radius 3 is 1.85 bits per heavy atom. The molecule has 8 rings (SSSR count). The molecule has 21 nitrogen and oxygen atoms in total. The smallest absolute Gasteiger partial charge is 0.358 e. The van der Waals surface area contributed by atoms with Crippen molar-refractivity contribution in [2.24, 2.45) is 0 Å². The maximum Gasteiger partial charge on any atom is 0.358 e. The minimum atomic E-state index is -1.29. The number of amides is 1. The number of nitrogen functional groups attached to an aromatic ring is 1. The summed E-state index contributed by atoms with van der Waals surface area (Å²) in [5.41, 5.74) is 7.93. The first kappa shape index (κ1) is 54.9. The van der Waals surface area contributed by atoms with E-state index in [1.807, 2.05) is 12.1 Å². The van der Waals surface area contributed by atoms with Gasteiger partial charge in [-0.2, -0.15) is 10.5 Å². The van der Waals surface area contributed by atoms with Gasteiger partial charge in [0, 0.05) is 25.1 Å². The lowest BCUT2D eigenvalue weighted by Crippen LogP contribution is -2.24. The van der Waals surface area contributed by atoms with Crippen LogP contribution in [0.1, 0.15) is 111 Å². The summed E-state index contributed by atoms with van der Waals surface area (Å²) in [6, 6.07) is 28.5. The Balaban J connectivity index is 0.000000218. The van der Waals surface area contributed by atoms with Crippen molar-refractivity contribution in [3.8, 4) is 17.9 Å². The third-order valence-electron chi connectivity index (χ3n) is 9.10. The lowest BCUT2D eigenvalue weighted by molar-refractivity contribution is -0.131. The summed E-state index contributed by atoms with van der Waals surface area (Å²) in [5.74, 6) is -3.78. The number of hydrogen-bond acceptors (Lipinski definition) is 18. The van der Waals surface area contributed by atoms with Gasteiger partial charge in [-0.25, -0.2) is 14.4 Å². The van der Waals surface area contributed by atoms with E-state index < -0.39 is 40.6 Å². The third-order valence-corrected chi connectivity index (χ3v) is 9.28. The predicted octanol–water partition coefficient (Wildman–Crippen LogP) is 9.17. The molecule has 368 valence electrons. The van der Waals surface area contributed by atoms with Crippen LogP contribution in [-0.2, 0) is 20.7 Å². The van der Waals surface area contributed by atoms with Crippen LogP contribution in [-0.4, -0.2) is 72.1 Å². The van der Waals surface area contributed by atoms with Crippen LogP contribution in [0.5, 0.6) is 5.75 Å². The Kier molecular flexibility index (Phi) is 18.3. The highest BCUT2D eigenvalue weighted by molar-refractivity contribution is 6.68. The highest BCUT2D eigenvalue weighted by Gasteiger charge is 2.22. The van der Waals surface area contributed by atoms with E-state index in [2.05, 4.69) is 20.8 Å². The topological polar surface area (TPSA) is 342 Å². The molecule has 0 bridgehead atoms. The van der Waals surface area contributed by atoms with Gasteiger partial charge < -0.3 is 44.3 Å². The maximum absolute atomic E-state index is 12.5. The first-order valence-electron chi connectivity index (χ1n) is 20.4. The lowest BCUT2D eigenvalue weighted by Gasteiger charge is -2.20. The van der Waals surface area contributed by atoms with E-state index in [0.717, 1.165) is 11.6 Å². The molecule has 72 heavy (non-hydrogen) atoms. The number of carboxylic acids is 2. The van der Waals surface area contributed by atoms with E-state index in [4.69, 9.17) is 56.0 Å². The number of ketones is 1. The van der Waals surface area contributed by atoms with Crippen molar-refractivity contribution in [3.05, 3.63) is 142 Å². The monoisotopic (exact) mass is 999 g/mol. The summed E-state index contributed by atoms with van der Waals surface area (Å²) in [6.45, 7) is 8.08. The maximum atomic E-state index is 12.5. The normalized spacial score (nSPS) is 10.3. The van der Waals surface area contributed by atoms with Crippen molar-refractivity contribution < 1.29 is 66.8 Å². The van der Waals surface area contributed by atoms with Crippen LogP contribution < -0.4 is 15.8 Å².